The van der Waals surface area contributed by atoms with Gasteiger partial charge in [-0.25, -0.2) is 0 Å². The van der Waals surface area contributed by atoms with E-state index in [9.17, 15) is 9.59 Å². The molecule has 3 aromatic carbocycles. The predicted octanol–water partition coefficient (Wildman–Crippen LogP) is 4.50. The summed E-state index contributed by atoms with van der Waals surface area (Å²) in [7, 11) is 0. The molecule has 0 radical (unpaired) electrons. The van der Waals surface area contributed by atoms with Crippen molar-refractivity contribution in [3.05, 3.63) is 102 Å². The Morgan fingerprint density at radius 1 is 0.593 bits per heavy atom. The van der Waals surface area contributed by atoms with Gasteiger partial charge in [-0.1, -0.05) is 78.9 Å². The van der Waals surface area contributed by atoms with Crippen LogP contribution < -0.4 is 4.90 Å². The molecular weight excluding hydrogens is 334 g/mol. The first-order valence-corrected chi connectivity index (χ1v) is 9.22. The number of carbonyl (C=O) groups excluding carboxylic acids is 2. The summed E-state index contributed by atoms with van der Waals surface area (Å²) < 4.78 is 0. The van der Waals surface area contributed by atoms with Gasteiger partial charge in [0.2, 0.25) is 0 Å². The Morgan fingerprint density at radius 2 is 0.963 bits per heavy atom. The van der Waals surface area contributed by atoms with E-state index in [1.165, 1.54) is 0 Å². The summed E-state index contributed by atoms with van der Waals surface area (Å²) in [6.45, 7) is 1.11. The van der Waals surface area contributed by atoms with E-state index in [0.29, 0.717) is 24.2 Å². The van der Waals surface area contributed by atoms with Crippen molar-refractivity contribution in [3.63, 3.8) is 0 Å². The van der Waals surface area contributed by atoms with E-state index < -0.39 is 0 Å². The van der Waals surface area contributed by atoms with Gasteiger partial charge < -0.3 is 4.90 Å². The van der Waals surface area contributed by atoms with Gasteiger partial charge in [0.1, 0.15) is 0 Å². The van der Waals surface area contributed by atoms with Crippen LogP contribution in [0.15, 0.2) is 91.0 Å². The molecule has 4 rings (SSSR count). The van der Waals surface area contributed by atoms with E-state index in [1.807, 2.05) is 91.0 Å². The number of anilines is 1. The largest absolute Gasteiger partial charge is 0.370 e. The van der Waals surface area contributed by atoms with Gasteiger partial charge in [0.25, 0.3) is 0 Å². The van der Waals surface area contributed by atoms with E-state index in [4.69, 9.17) is 0 Å². The Hall–Kier alpha value is -3.20. The summed E-state index contributed by atoms with van der Waals surface area (Å²) in [6, 6.07) is 28.6. The molecule has 27 heavy (non-hydrogen) atoms. The summed E-state index contributed by atoms with van der Waals surface area (Å²) in [5.41, 5.74) is 2.39. The summed E-state index contributed by atoms with van der Waals surface area (Å²) in [5.74, 6) is -0.604. The molecular formula is C24H21NO2. The topological polar surface area (TPSA) is 37.4 Å². The Labute approximate surface area is 159 Å². The molecule has 1 aliphatic heterocycles. The fraction of sp³-hybridized carbons (Fsp3) is 0.167. The third kappa shape index (κ3) is 3.54. The van der Waals surface area contributed by atoms with Crippen LogP contribution in [-0.2, 0) is 0 Å². The second-order valence-corrected chi connectivity index (χ2v) is 6.91. The molecule has 1 aliphatic rings. The Balaban J connectivity index is 1.67. The molecule has 134 valence electrons. The third-order valence-corrected chi connectivity index (χ3v) is 5.23. The van der Waals surface area contributed by atoms with Gasteiger partial charge in [-0.3, -0.25) is 9.59 Å². The molecule has 2 unspecified atom stereocenters. The van der Waals surface area contributed by atoms with Gasteiger partial charge >= 0.3 is 0 Å². The van der Waals surface area contributed by atoms with Crippen molar-refractivity contribution in [1.29, 1.82) is 0 Å². The lowest BCUT2D eigenvalue weighted by atomic mass is 9.83. The highest BCUT2D eigenvalue weighted by Crippen LogP contribution is 2.33. The third-order valence-electron chi connectivity index (χ3n) is 5.23. The molecule has 3 aromatic rings. The Kier molecular flexibility index (Phi) is 4.84. The van der Waals surface area contributed by atoms with Crippen LogP contribution in [0.5, 0.6) is 0 Å². The number of hydrogen-bond acceptors (Lipinski definition) is 3. The number of carbonyl (C=O) groups is 2. The van der Waals surface area contributed by atoms with Crippen molar-refractivity contribution < 1.29 is 9.59 Å². The quantitative estimate of drug-likeness (QED) is 0.632. The molecule has 0 bridgehead atoms. The van der Waals surface area contributed by atoms with Crippen molar-refractivity contribution in [3.8, 4) is 0 Å². The number of hydrogen-bond donors (Lipinski definition) is 0. The van der Waals surface area contributed by atoms with Gasteiger partial charge in [0.05, 0.1) is 11.8 Å². The smallest absolute Gasteiger partial charge is 0.168 e. The van der Waals surface area contributed by atoms with E-state index in [0.717, 1.165) is 5.69 Å². The lowest BCUT2D eigenvalue weighted by Crippen LogP contribution is -2.29. The maximum atomic E-state index is 13.2. The van der Waals surface area contributed by atoms with Crippen molar-refractivity contribution in [2.24, 2.45) is 11.8 Å². The Morgan fingerprint density at radius 3 is 1.37 bits per heavy atom. The first-order valence-electron chi connectivity index (χ1n) is 9.22. The standard InChI is InChI=1S/C24H21NO2/c26-23(18-10-4-1-5-11-18)21-16-25(20-14-8-3-9-15-20)17-22(21)24(27)19-12-6-2-7-13-19/h1-15,21-22H,16-17H2. The van der Waals surface area contributed by atoms with Gasteiger partial charge in [-0.05, 0) is 12.1 Å². The molecule has 3 nitrogen and oxygen atoms in total. The molecule has 0 aliphatic carbocycles. The van der Waals surface area contributed by atoms with Crippen LogP contribution in [0.25, 0.3) is 0 Å². The molecule has 1 fully saturated rings. The van der Waals surface area contributed by atoms with E-state index in [-0.39, 0.29) is 23.4 Å². The summed E-state index contributed by atoms with van der Waals surface area (Å²) >= 11 is 0. The molecule has 1 heterocycles. The zero-order valence-corrected chi connectivity index (χ0v) is 15.0. The molecule has 2 atom stereocenters. The number of benzene rings is 3. The molecule has 0 amide bonds. The highest BCUT2D eigenvalue weighted by atomic mass is 16.1. The lowest BCUT2D eigenvalue weighted by Gasteiger charge is -2.18. The zero-order valence-electron chi connectivity index (χ0n) is 15.0. The van der Waals surface area contributed by atoms with Gasteiger partial charge in [-0.15, -0.1) is 0 Å². The van der Waals surface area contributed by atoms with Crippen LogP contribution in [0.4, 0.5) is 5.69 Å². The van der Waals surface area contributed by atoms with E-state index in [1.54, 1.807) is 0 Å². The summed E-state index contributed by atoms with van der Waals surface area (Å²) in [4.78, 5) is 28.5. The predicted molar refractivity (Wildman–Crippen MR) is 107 cm³/mol. The second kappa shape index (κ2) is 7.58. The average Bonchev–Trinajstić information content (AvgIpc) is 3.20. The SMILES string of the molecule is O=C(c1ccccc1)C1CN(c2ccccc2)CC1C(=O)c1ccccc1. The van der Waals surface area contributed by atoms with Gasteiger partial charge in [0, 0.05) is 29.9 Å². The molecule has 0 N–H and O–H groups in total. The lowest BCUT2D eigenvalue weighted by molar-refractivity contribution is 0.0809. The monoisotopic (exact) mass is 355 g/mol. The van der Waals surface area contributed by atoms with Crippen LogP contribution >= 0.6 is 0 Å². The van der Waals surface area contributed by atoms with Gasteiger partial charge in [-0.2, -0.15) is 0 Å². The second-order valence-electron chi connectivity index (χ2n) is 6.91. The normalized spacial score (nSPS) is 19.0. The van der Waals surface area contributed by atoms with Crippen LogP contribution in [0.3, 0.4) is 0 Å². The minimum absolute atomic E-state index is 0.0447. The number of ketones is 2. The highest BCUT2D eigenvalue weighted by molar-refractivity contribution is 6.06. The van der Waals surface area contributed by atoms with E-state index in [2.05, 4.69) is 4.90 Å². The van der Waals surface area contributed by atoms with Crippen LogP contribution in [0, 0.1) is 11.8 Å². The molecule has 0 aromatic heterocycles. The fourth-order valence-electron chi connectivity index (χ4n) is 3.82. The number of para-hydroxylation sites is 1. The summed E-state index contributed by atoms with van der Waals surface area (Å²) in [5, 5.41) is 0. The average molecular weight is 355 g/mol. The maximum Gasteiger partial charge on any atom is 0.168 e. The number of Topliss-reactive ketones (excluding diaryl/α,β-unsaturated/α-hetero) is 2. The number of rotatable bonds is 5. The molecule has 3 heteroatoms. The summed E-state index contributed by atoms with van der Waals surface area (Å²) in [6.07, 6.45) is 0. The van der Waals surface area contributed by atoms with Crippen LogP contribution in [0.1, 0.15) is 20.7 Å². The molecule has 1 saturated heterocycles. The maximum absolute atomic E-state index is 13.2. The Bertz CT molecular complexity index is 863. The first kappa shape index (κ1) is 17.2. The minimum Gasteiger partial charge on any atom is -0.370 e. The van der Waals surface area contributed by atoms with E-state index >= 15 is 0 Å². The molecule has 0 spiro atoms. The highest BCUT2D eigenvalue weighted by Gasteiger charge is 2.42. The van der Waals surface area contributed by atoms with Crippen molar-refractivity contribution >= 4 is 17.3 Å². The van der Waals surface area contributed by atoms with Crippen LogP contribution in [-0.4, -0.2) is 24.7 Å². The molecule has 0 saturated carbocycles. The van der Waals surface area contributed by atoms with Crippen molar-refractivity contribution in [1.82, 2.24) is 0 Å². The van der Waals surface area contributed by atoms with Crippen LogP contribution in [0.2, 0.25) is 0 Å². The minimum atomic E-state index is -0.347. The fourth-order valence-corrected chi connectivity index (χ4v) is 3.82. The van der Waals surface area contributed by atoms with Crippen molar-refractivity contribution in [2.45, 2.75) is 0 Å². The number of nitrogens with zero attached hydrogens (tertiary/aromatic N) is 1. The van der Waals surface area contributed by atoms with Gasteiger partial charge in [0.15, 0.2) is 11.6 Å². The van der Waals surface area contributed by atoms with Crippen molar-refractivity contribution in [2.75, 3.05) is 18.0 Å². The first-order chi connectivity index (χ1) is 13.2. The zero-order chi connectivity index (χ0) is 18.6.